The third-order valence-electron chi connectivity index (χ3n) is 4.13. The smallest absolute Gasteiger partial charge is 0.251 e. The molecule has 1 aliphatic rings. The van der Waals surface area contributed by atoms with Gasteiger partial charge in [-0.1, -0.05) is 32.0 Å². The molecule has 1 aliphatic heterocycles. The third-order valence-corrected chi connectivity index (χ3v) is 4.13. The predicted molar refractivity (Wildman–Crippen MR) is 78.3 cm³/mol. The Morgan fingerprint density at radius 1 is 1.42 bits per heavy atom. The van der Waals surface area contributed by atoms with E-state index in [0.717, 1.165) is 43.6 Å². The van der Waals surface area contributed by atoms with Gasteiger partial charge in [0.15, 0.2) is 0 Å². The Morgan fingerprint density at radius 2 is 2.21 bits per heavy atom. The Labute approximate surface area is 115 Å². The van der Waals surface area contributed by atoms with E-state index in [9.17, 15) is 4.79 Å². The molecule has 0 aliphatic carbocycles. The van der Waals surface area contributed by atoms with E-state index in [1.807, 2.05) is 24.3 Å². The molecule has 0 spiro atoms. The van der Waals surface area contributed by atoms with Crippen LogP contribution in [-0.4, -0.2) is 25.5 Å². The number of piperidine rings is 1. The van der Waals surface area contributed by atoms with Gasteiger partial charge in [0, 0.05) is 12.1 Å². The maximum absolute atomic E-state index is 12.2. The highest BCUT2D eigenvalue weighted by Crippen LogP contribution is 2.18. The van der Waals surface area contributed by atoms with Crippen LogP contribution in [-0.2, 0) is 6.42 Å². The monoisotopic (exact) mass is 260 g/mol. The number of aryl methyl sites for hydroxylation is 1. The second-order valence-corrected chi connectivity index (χ2v) is 5.45. The second kappa shape index (κ2) is 6.71. The van der Waals surface area contributed by atoms with E-state index in [1.165, 1.54) is 0 Å². The van der Waals surface area contributed by atoms with Crippen molar-refractivity contribution >= 4 is 5.91 Å². The van der Waals surface area contributed by atoms with Gasteiger partial charge in [0.05, 0.1) is 0 Å². The molecule has 3 heteroatoms. The maximum atomic E-state index is 12.2. The van der Waals surface area contributed by atoms with Crippen molar-refractivity contribution in [3.05, 3.63) is 35.4 Å². The first kappa shape index (κ1) is 14.1. The van der Waals surface area contributed by atoms with Crippen LogP contribution < -0.4 is 10.6 Å². The molecule has 2 unspecified atom stereocenters. The molecule has 1 aromatic rings. The Balaban J connectivity index is 1.93. The molecule has 1 aromatic carbocycles. The number of hydrogen-bond acceptors (Lipinski definition) is 2. The zero-order valence-electron chi connectivity index (χ0n) is 11.9. The van der Waals surface area contributed by atoms with Gasteiger partial charge in [-0.25, -0.2) is 0 Å². The molecule has 2 atom stereocenters. The number of carbonyl (C=O) groups excluding carboxylic acids is 1. The molecule has 1 heterocycles. The van der Waals surface area contributed by atoms with Crippen LogP contribution in [0.25, 0.3) is 0 Å². The summed E-state index contributed by atoms with van der Waals surface area (Å²) in [4.78, 5) is 12.2. The first-order valence-electron chi connectivity index (χ1n) is 7.29. The Morgan fingerprint density at radius 3 is 2.95 bits per heavy atom. The van der Waals surface area contributed by atoms with E-state index in [2.05, 4.69) is 24.5 Å². The summed E-state index contributed by atoms with van der Waals surface area (Å²) in [7, 11) is 0. The lowest BCUT2D eigenvalue weighted by molar-refractivity contribution is 0.0937. The van der Waals surface area contributed by atoms with Gasteiger partial charge >= 0.3 is 0 Å². The van der Waals surface area contributed by atoms with Crippen LogP contribution in [0, 0.1) is 11.8 Å². The number of carbonyl (C=O) groups is 1. The molecule has 3 nitrogen and oxygen atoms in total. The predicted octanol–water partition coefficient (Wildman–Crippen LogP) is 2.22. The van der Waals surface area contributed by atoms with Crippen molar-refractivity contribution < 1.29 is 4.79 Å². The van der Waals surface area contributed by atoms with E-state index in [4.69, 9.17) is 0 Å². The van der Waals surface area contributed by atoms with Crippen molar-refractivity contribution in [2.75, 3.05) is 19.6 Å². The molecule has 1 amide bonds. The second-order valence-electron chi connectivity index (χ2n) is 5.45. The van der Waals surface area contributed by atoms with Crippen LogP contribution in [0.5, 0.6) is 0 Å². The van der Waals surface area contributed by atoms with E-state index in [1.54, 1.807) is 0 Å². The highest BCUT2D eigenvalue weighted by atomic mass is 16.1. The quantitative estimate of drug-likeness (QED) is 0.871. The average molecular weight is 260 g/mol. The Hall–Kier alpha value is -1.35. The minimum Gasteiger partial charge on any atom is -0.352 e. The van der Waals surface area contributed by atoms with Gasteiger partial charge in [0.2, 0.25) is 0 Å². The summed E-state index contributed by atoms with van der Waals surface area (Å²) in [5.74, 6) is 1.30. The highest BCUT2D eigenvalue weighted by molar-refractivity contribution is 5.95. The minimum absolute atomic E-state index is 0.0724. The van der Waals surface area contributed by atoms with Crippen LogP contribution in [0.2, 0.25) is 0 Å². The molecule has 2 rings (SSSR count). The third kappa shape index (κ3) is 3.57. The van der Waals surface area contributed by atoms with Crippen LogP contribution >= 0.6 is 0 Å². The van der Waals surface area contributed by atoms with Crippen molar-refractivity contribution in [3.63, 3.8) is 0 Å². The number of benzene rings is 1. The zero-order chi connectivity index (χ0) is 13.7. The van der Waals surface area contributed by atoms with Crippen molar-refractivity contribution in [2.24, 2.45) is 11.8 Å². The fourth-order valence-electron chi connectivity index (χ4n) is 2.74. The standard InChI is InChI=1S/C16H24N2O/c1-3-13-6-4-5-7-15(13)16(19)18-11-14-8-9-17-10-12(14)2/h4-7,12,14,17H,3,8-11H2,1-2H3,(H,18,19). The van der Waals surface area contributed by atoms with Crippen LogP contribution in [0.15, 0.2) is 24.3 Å². The number of nitrogens with one attached hydrogen (secondary N) is 2. The summed E-state index contributed by atoms with van der Waals surface area (Å²) < 4.78 is 0. The summed E-state index contributed by atoms with van der Waals surface area (Å²) in [5, 5.41) is 6.50. The zero-order valence-corrected chi connectivity index (χ0v) is 11.9. The molecule has 19 heavy (non-hydrogen) atoms. The molecule has 104 valence electrons. The SMILES string of the molecule is CCc1ccccc1C(=O)NCC1CCNCC1C. The summed E-state index contributed by atoms with van der Waals surface area (Å²) in [6.45, 7) is 7.26. The maximum Gasteiger partial charge on any atom is 0.251 e. The fraction of sp³-hybridized carbons (Fsp3) is 0.562. The van der Waals surface area contributed by atoms with E-state index in [0.29, 0.717) is 11.8 Å². The van der Waals surface area contributed by atoms with Gasteiger partial charge in [-0.05, 0) is 49.4 Å². The largest absolute Gasteiger partial charge is 0.352 e. The first-order valence-corrected chi connectivity index (χ1v) is 7.29. The topological polar surface area (TPSA) is 41.1 Å². The van der Waals surface area contributed by atoms with Crippen molar-refractivity contribution in [1.29, 1.82) is 0 Å². The highest BCUT2D eigenvalue weighted by Gasteiger charge is 2.21. The molecule has 0 radical (unpaired) electrons. The van der Waals surface area contributed by atoms with Gasteiger partial charge in [0.25, 0.3) is 5.91 Å². The summed E-state index contributed by atoms with van der Waals surface area (Å²) >= 11 is 0. The van der Waals surface area contributed by atoms with E-state index >= 15 is 0 Å². The van der Waals surface area contributed by atoms with Crippen LogP contribution in [0.4, 0.5) is 0 Å². The van der Waals surface area contributed by atoms with Crippen LogP contribution in [0.3, 0.4) is 0 Å². The molecule has 2 N–H and O–H groups in total. The average Bonchev–Trinajstić information content (AvgIpc) is 2.46. The van der Waals surface area contributed by atoms with E-state index < -0.39 is 0 Å². The lowest BCUT2D eigenvalue weighted by Gasteiger charge is -2.29. The number of amides is 1. The molecule has 0 aromatic heterocycles. The summed E-state index contributed by atoms with van der Waals surface area (Å²) in [6, 6.07) is 7.87. The summed E-state index contributed by atoms with van der Waals surface area (Å²) in [6.07, 6.45) is 2.05. The molecule has 1 saturated heterocycles. The molecule has 0 saturated carbocycles. The van der Waals surface area contributed by atoms with Crippen molar-refractivity contribution in [1.82, 2.24) is 10.6 Å². The summed E-state index contributed by atoms with van der Waals surface area (Å²) in [5.41, 5.74) is 1.95. The van der Waals surface area contributed by atoms with Gasteiger partial charge in [0.1, 0.15) is 0 Å². The molecular weight excluding hydrogens is 236 g/mol. The lowest BCUT2D eigenvalue weighted by Crippen LogP contribution is -2.41. The Bertz CT molecular complexity index is 431. The van der Waals surface area contributed by atoms with Crippen molar-refractivity contribution in [2.45, 2.75) is 26.7 Å². The van der Waals surface area contributed by atoms with Gasteiger partial charge in [-0.3, -0.25) is 4.79 Å². The Kier molecular flexibility index (Phi) is 4.97. The first-order chi connectivity index (χ1) is 9.22. The van der Waals surface area contributed by atoms with Gasteiger partial charge < -0.3 is 10.6 Å². The van der Waals surface area contributed by atoms with Crippen LogP contribution in [0.1, 0.15) is 36.2 Å². The van der Waals surface area contributed by atoms with Gasteiger partial charge in [-0.15, -0.1) is 0 Å². The normalized spacial score (nSPS) is 23.1. The lowest BCUT2D eigenvalue weighted by atomic mass is 9.88. The number of hydrogen-bond donors (Lipinski definition) is 2. The molecular formula is C16H24N2O. The van der Waals surface area contributed by atoms with Gasteiger partial charge in [-0.2, -0.15) is 0 Å². The number of rotatable bonds is 4. The minimum atomic E-state index is 0.0724. The molecule has 0 bridgehead atoms. The fourth-order valence-corrected chi connectivity index (χ4v) is 2.74. The van der Waals surface area contributed by atoms with Crippen molar-refractivity contribution in [3.8, 4) is 0 Å². The molecule has 1 fully saturated rings. The van der Waals surface area contributed by atoms with E-state index in [-0.39, 0.29) is 5.91 Å².